The minimum atomic E-state index is -0.505. The third-order valence-corrected chi connectivity index (χ3v) is 2.92. The van der Waals surface area contributed by atoms with Gasteiger partial charge in [-0.1, -0.05) is 12.1 Å². The molecule has 2 rings (SSSR count). The molecule has 2 aromatic rings. The van der Waals surface area contributed by atoms with E-state index in [0.717, 1.165) is 0 Å². The highest BCUT2D eigenvalue weighted by Gasteiger charge is 2.22. The first-order chi connectivity index (χ1) is 9.45. The van der Waals surface area contributed by atoms with Gasteiger partial charge in [-0.3, -0.25) is 14.9 Å². The predicted octanol–water partition coefficient (Wildman–Crippen LogP) is 2.55. The van der Waals surface area contributed by atoms with Gasteiger partial charge in [0.15, 0.2) is 6.29 Å². The van der Waals surface area contributed by atoms with Gasteiger partial charge in [0.05, 0.1) is 16.2 Å². The quantitative estimate of drug-likeness (QED) is 0.486. The number of benzene rings is 1. The zero-order valence-corrected chi connectivity index (χ0v) is 11.3. The molecule has 20 heavy (non-hydrogen) atoms. The van der Waals surface area contributed by atoms with Gasteiger partial charge >= 0.3 is 5.69 Å². The number of ether oxygens (including phenoxy) is 1. The van der Waals surface area contributed by atoms with Crippen molar-refractivity contribution in [2.24, 2.45) is 7.05 Å². The molecule has 0 amide bonds. The Balaban J connectivity index is 2.54. The normalized spacial score (nSPS) is 10.3. The van der Waals surface area contributed by atoms with E-state index in [9.17, 15) is 14.9 Å². The van der Waals surface area contributed by atoms with Crippen LogP contribution in [0, 0.1) is 24.0 Å². The van der Waals surface area contributed by atoms with Crippen molar-refractivity contribution in [3.8, 4) is 11.6 Å². The average Bonchev–Trinajstić information content (AvgIpc) is 2.63. The van der Waals surface area contributed by atoms with E-state index >= 15 is 0 Å². The van der Waals surface area contributed by atoms with Crippen molar-refractivity contribution in [3.63, 3.8) is 0 Å². The van der Waals surface area contributed by atoms with Crippen molar-refractivity contribution in [2.75, 3.05) is 0 Å². The molecule has 0 N–H and O–H groups in total. The molecular formula is C13H13N3O4. The molecule has 0 aliphatic carbocycles. The molecule has 0 aliphatic rings. The van der Waals surface area contributed by atoms with Crippen LogP contribution in [0.4, 0.5) is 5.69 Å². The molecule has 1 aromatic heterocycles. The van der Waals surface area contributed by atoms with Crippen molar-refractivity contribution in [2.45, 2.75) is 13.8 Å². The fourth-order valence-electron chi connectivity index (χ4n) is 1.96. The average molecular weight is 275 g/mol. The van der Waals surface area contributed by atoms with Crippen LogP contribution in [0.5, 0.6) is 11.6 Å². The van der Waals surface area contributed by atoms with E-state index < -0.39 is 4.92 Å². The van der Waals surface area contributed by atoms with E-state index in [-0.39, 0.29) is 22.9 Å². The van der Waals surface area contributed by atoms with Crippen LogP contribution in [0.15, 0.2) is 18.2 Å². The maximum absolute atomic E-state index is 11.1. The second-order valence-corrected chi connectivity index (χ2v) is 4.33. The Morgan fingerprint density at radius 2 is 2.10 bits per heavy atom. The number of hydrogen-bond acceptors (Lipinski definition) is 5. The van der Waals surface area contributed by atoms with E-state index in [1.165, 1.54) is 10.7 Å². The first-order valence-corrected chi connectivity index (χ1v) is 5.86. The van der Waals surface area contributed by atoms with Crippen LogP contribution in [-0.2, 0) is 7.05 Å². The second kappa shape index (κ2) is 5.12. The highest BCUT2D eigenvalue weighted by Crippen LogP contribution is 2.35. The number of para-hydroxylation sites is 1. The minimum Gasteiger partial charge on any atom is -0.431 e. The lowest BCUT2D eigenvalue weighted by Gasteiger charge is -2.08. The standard InChI is InChI=1S/C13H13N3O4/c1-8-5-4-6-11(12(8)16(18)19)20-13-10(7-17)9(2)14-15(13)3/h4-7H,1-3H3. The van der Waals surface area contributed by atoms with Crippen molar-refractivity contribution in [1.29, 1.82) is 0 Å². The summed E-state index contributed by atoms with van der Waals surface area (Å²) in [6.07, 6.45) is 0.624. The lowest BCUT2D eigenvalue weighted by Crippen LogP contribution is -2.00. The predicted molar refractivity (Wildman–Crippen MR) is 71.2 cm³/mol. The van der Waals surface area contributed by atoms with Crippen molar-refractivity contribution >= 4 is 12.0 Å². The summed E-state index contributed by atoms with van der Waals surface area (Å²) in [5, 5.41) is 15.2. The number of rotatable bonds is 4. The lowest BCUT2D eigenvalue weighted by atomic mass is 10.2. The van der Waals surface area contributed by atoms with E-state index in [0.29, 0.717) is 17.5 Å². The third-order valence-electron chi connectivity index (χ3n) is 2.92. The van der Waals surface area contributed by atoms with Gasteiger partial charge in [-0.2, -0.15) is 5.10 Å². The van der Waals surface area contributed by atoms with Gasteiger partial charge in [-0.05, 0) is 19.9 Å². The largest absolute Gasteiger partial charge is 0.431 e. The molecule has 0 spiro atoms. The van der Waals surface area contributed by atoms with Crippen LogP contribution in [0.3, 0.4) is 0 Å². The molecule has 0 unspecified atom stereocenters. The van der Waals surface area contributed by atoms with Crippen LogP contribution < -0.4 is 4.74 Å². The SMILES string of the molecule is Cc1cccc(Oc2c(C=O)c(C)nn2C)c1[N+](=O)[O-]. The fraction of sp³-hybridized carbons (Fsp3) is 0.231. The first kappa shape index (κ1) is 13.7. The highest BCUT2D eigenvalue weighted by molar-refractivity contribution is 5.80. The molecule has 7 nitrogen and oxygen atoms in total. The van der Waals surface area contributed by atoms with E-state index in [1.807, 2.05) is 0 Å². The van der Waals surface area contributed by atoms with E-state index in [2.05, 4.69) is 5.10 Å². The number of nitro groups is 1. The molecule has 0 radical (unpaired) electrons. The number of aldehydes is 1. The Bertz CT molecular complexity index is 691. The fourth-order valence-corrected chi connectivity index (χ4v) is 1.96. The molecule has 104 valence electrons. The first-order valence-electron chi connectivity index (χ1n) is 5.86. The zero-order valence-electron chi connectivity index (χ0n) is 11.3. The Morgan fingerprint density at radius 3 is 2.70 bits per heavy atom. The topological polar surface area (TPSA) is 87.3 Å². The van der Waals surface area contributed by atoms with Gasteiger partial charge in [-0.25, -0.2) is 4.68 Å². The van der Waals surface area contributed by atoms with Gasteiger partial charge < -0.3 is 4.74 Å². The summed E-state index contributed by atoms with van der Waals surface area (Å²) in [6.45, 7) is 3.29. The van der Waals surface area contributed by atoms with Gasteiger partial charge in [-0.15, -0.1) is 0 Å². The van der Waals surface area contributed by atoms with Gasteiger partial charge in [0.1, 0.15) is 0 Å². The minimum absolute atomic E-state index is 0.0844. The Hall–Kier alpha value is -2.70. The molecule has 0 aliphatic heterocycles. The van der Waals surface area contributed by atoms with E-state index in [1.54, 1.807) is 33.0 Å². The summed E-state index contributed by atoms with van der Waals surface area (Å²) in [4.78, 5) is 21.7. The van der Waals surface area contributed by atoms with Crippen molar-refractivity contribution < 1.29 is 14.5 Å². The van der Waals surface area contributed by atoms with Crippen LogP contribution in [-0.4, -0.2) is 21.0 Å². The number of carbonyl (C=O) groups excluding carboxylic acids is 1. The van der Waals surface area contributed by atoms with Gasteiger partial charge in [0.25, 0.3) is 0 Å². The number of aryl methyl sites for hydroxylation is 3. The maximum Gasteiger partial charge on any atom is 0.314 e. The summed E-state index contributed by atoms with van der Waals surface area (Å²) >= 11 is 0. The molecule has 0 saturated heterocycles. The molecule has 0 atom stereocenters. The third kappa shape index (κ3) is 2.25. The summed E-state index contributed by atoms with van der Waals surface area (Å²) in [5.41, 5.74) is 1.15. The maximum atomic E-state index is 11.1. The Morgan fingerprint density at radius 1 is 1.40 bits per heavy atom. The molecule has 1 aromatic carbocycles. The molecule has 0 fully saturated rings. The number of nitrogens with zero attached hydrogens (tertiary/aromatic N) is 3. The number of hydrogen-bond donors (Lipinski definition) is 0. The van der Waals surface area contributed by atoms with Gasteiger partial charge in [0, 0.05) is 12.6 Å². The Kier molecular flexibility index (Phi) is 3.51. The monoisotopic (exact) mass is 275 g/mol. The van der Waals surface area contributed by atoms with Crippen LogP contribution in [0.2, 0.25) is 0 Å². The van der Waals surface area contributed by atoms with Crippen LogP contribution >= 0.6 is 0 Å². The van der Waals surface area contributed by atoms with Crippen molar-refractivity contribution in [3.05, 3.63) is 45.1 Å². The summed E-state index contributed by atoms with van der Waals surface area (Å²) < 4.78 is 6.93. The number of carbonyl (C=O) groups is 1. The van der Waals surface area contributed by atoms with Crippen LogP contribution in [0.25, 0.3) is 0 Å². The molecule has 0 saturated carbocycles. The van der Waals surface area contributed by atoms with E-state index in [4.69, 9.17) is 4.74 Å². The van der Waals surface area contributed by atoms with Crippen molar-refractivity contribution in [1.82, 2.24) is 9.78 Å². The highest BCUT2D eigenvalue weighted by atomic mass is 16.6. The second-order valence-electron chi connectivity index (χ2n) is 4.33. The summed E-state index contributed by atoms with van der Waals surface area (Å²) in [5.74, 6) is 0.271. The molecular weight excluding hydrogens is 262 g/mol. The van der Waals surface area contributed by atoms with Gasteiger partial charge in [0.2, 0.25) is 11.6 Å². The lowest BCUT2D eigenvalue weighted by molar-refractivity contribution is -0.386. The zero-order chi connectivity index (χ0) is 14.9. The summed E-state index contributed by atoms with van der Waals surface area (Å²) in [7, 11) is 1.61. The Labute approximate surface area is 114 Å². The molecule has 1 heterocycles. The number of nitro benzene ring substituents is 1. The summed E-state index contributed by atoms with van der Waals surface area (Å²) in [6, 6.07) is 4.77. The molecule has 7 heteroatoms. The smallest absolute Gasteiger partial charge is 0.314 e. The van der Waals surface area contributed by atoms with Crippen LogP contribution in [0.1, 0.15) is 21.6 Å². The number of aromatic nitrogens is 2. The molecule has 0 bridgehead atoms.